The number of aromatic nitrogens is 1. The first-order valence-corrected chi connectivity index (χ1v) is 8.76. The number of carbonyl (C=O) groups is 2. The molecule has 2 aliphatic heterocycles. The van der Waals surface area contributed by atoms with Crippen molar-refractivity contribution in [1.82, 2.24) is 14.8 Å². The zero-order chi connectivity index (χ0) is 17.4. The number of amides is 2. The Hall–Kier alpha value is -2.63. The Morgan fingerprint density at radius 3 is 2.72 bits per heavy atom. The van der Waals surface area contributed by atoms with Gasteiger partial charge in [0.2, 0.25) is 17.7 Å². The van der Waals surface area contributed by atoms with E-state index in [1.807, 2.05) is 37.3 Å². The summed E-state index contributed by atoms with van der Waals surface area (Å²) in [5, 5.41) is 0. The summed E-state index contributed by atoms with van der Waals surface area (Å²) < 4.78 is 5.88. The van der Waals surface area contributed by atoms with E-state index < -0.39 is 6.04 Å². The van der Waals surface area contributed by atoms with Crippen LogP contribution in [0.3, 0.4) is 0 Å². The number of fused-ring (bicyclic) bond motifs is 1. The number of rotatable bonds is 3. The zero-order valence-corrected chi connectivity index (χ0v) is 14.3. The fourth-order valence-corrected chi connectivity index (χ4v) is 3.57. The van der Waals surface area contributed by atoms with Gasteiger partial charge < -0.3 is 14.2 Å². The van der Waals surface area contributed by atoms with Crippen molar-refractivity contribution in [2.45, 2.75) is 38.8 Å². The topological polar surface area (TPSA) is 66.7 Å². The van der Waals surface area contributed by atoms with Gasteiger partial charge in [-0.3, -0.25) is 9.59 Å². The van der Waals surface area contributed by atoms with Gasteiger partial charge in [-0.15, -0.1) is 0 Å². The van der Waals surface area contributed by atoms with Gasteiger partial charge in [0.05, 0.1) is 6.54 Å². The van der Waals surface area contributed by atoms with Gasteiger partial charge in [-0.1, -0.05) is 18.2 Å². The van der Waals surface area contributed by atoms with Crippen molar-refractivity contribution in [3.63, 3.8) is 0 Å². The number of benzene rings is 1. The predicted molar refractivity (Wildman–Crippen MR) is 91.5 cm³/mol. The summed E-state index contributed by atoms with van der Waals surface area (Å²) in [6, 6.07) is 9.36. The normalized spacial score (nSPS) is 18.4. The minimum atomic E-state index is -0.406. The highest BCUT2D eigenvalue weighted by Crippen LogP contribution is 2.27. The summed E-state index contributed by atoms with van der Waals surface area (Å²) in [6.45, 7) is 3.53. The molecule has 2 aromatic rings. The average Bonchev–Trinajstić information content (AvgIpc) is 3.26. The SMILES string of the molecule is CC(C(=O)N1CCc2oc(-c3ccccc3)nc2C1)N1CCCC1=O. The highest BCUT2D eigenvalue weighted by molar-refractivity contribution is 5.88. The Morgan fingerprint density at radius 2 is 2.00 bits per heavy atom. The molecule has 1 atom stereocenters. The number of oxazole rings is 1. The van der Waals surface area contributed by atoms with Crippen molar-refractivity contribution in [3.05, 3.63) is 41.8 Å². The molecule has 0 N–H and O–H groups in total. The first-order chi connectivity index (χ1) is 12.1. The van der Waals surface area contributed by atoms with Gasteiger partial charge in [0.1, 0.15) is 17.5 Å². The lowest BCUT2D eigenvalue weighted by atomic mass is 10.1. The van der Waals surface area contributed by atoms with Crippen LogP contribution in [-0.4, -0.2) is 45.7 Å². The monoisotopic (exact) mass is 339 g/mol. The smallest absolute Gasteiger partial charge is 0.245 e. The standard InChI is InChI=1S/C19H21N3O3/c1-13(22-10-5-8-17(22)23)19(24)21-11-9-16-15(12-21)20-18(25-16)14-6-3-2-4-7-14/h2-4,6-7,13H,5,8-12H2,1H3. The van der Waals surface area contributed by atoms with Crippen molar-refractivity contribution in [2.75, 3.05) is 13.1 Å². The van der Waals surface area contributed by atoms with E-state index in [0.29, 0.717) is 38.4 Å². The molecule has 1 aromatic heterocycles. The minimum absolute atomic E-state index is 0.00911. The van der Waals surface area contributed by atoms with E-state index in [1.165, 1.54) is 0 Å². The van der Waals surface area contributed by atoms with Crippen LogP contribution in [0.4, 0.5) is 0 Å². The third-order valence-electron chi connectivity index (χ3n) is 4.99. The molecule has 2 amide bonds. The van der Waals surface area contributed by atoms with Crippen molar-refractivity contribution >= 4 is 11.8 Å². The van der Waals surface area contributed by atoms with Crippen molar-refractivity contribution in [3.8, 4) is 11.5 Å². The number of nitrogens with zero attached hydrogens (tertiary/aromatic N) is 3. The maximum atomic E-state index is 12.8. The molecule has 25 heavy (non-hydrogen) atoms. The quantitative estimate of drug-likeness (QED) is 0.860. The molecule has 2 aliphatic rings. The highest BCUT2D eigenvalue weighted by Gasteiger charge is 2.34. The third-order valence-corrected chi connectivity index (χ3v) is 4.99. The van der Waals surface area contributed by atoms with Crippen molar-refractivity contribution in [2.24, 2.45) is 0 Å². The first-order valence-electron chi connectivity index (χ1n) is 8.76. The van der Waals surface area contributed by atoms with Crippen LogP contribution in [0.5, 0.6) is 0 Å². The molecule has 1 unspecified atom stereocenters. The summed E-state index contributed by atoms with van der Waals surface area (Å²) in [5.74, 6) is 1.52. The molecular weight excluding hydrogens is 318 g/mol. The zero-order valence-electron chi connectivity index (χ0n) is 14.3. The molecular formula is C19H21N3O3. The van der Waals surface area contributed by atoms with Crippen molar-refractivity contribution in [1.29, 1.82) is 0 Å². The molecule has 1 saturated heterocycles. The average molecular weight is 339 g/mol. The van der Waals surface area contributed by atoms with Gasteiger partial charge in [-0.05, 0) is 25.5 Å². The number of hydrogen-bond donors (Lipinski definition) is 0. The van der Waals surface area contributed by atoms with Gasteiger partial charge in [0.25, 0.3) is 0 Å². The molecule has 1 aromatic carbocycles. The fourth-order valence-electron chi connectivity index (χ4n) is 3.57. The summed E-state index contributed by atoms with van der Waals surface area (Å²) in [7, 11) is 0. The lowest BCUT2D eigenvalue weighted by Gasteiger charge is -2.31. The Bertz CT molecular complexity index is 800. The summed E-state index contributed by atoms with van der Waals surface area (Å²) in [5.41, 5.74) is 1.75. The first kappa shape index (κ1) is 15.9. The molecule has 0 spiro atoms. The van der Waals surface area contributed by atoms with E-state index in [2.05, 4.69) is 4.98 Å². The van der Waals surface area contributed by atoms with E-state index in [-0.39, 0.29) is 11.8 Å². The largest absolute Gasteiger partial charge is 0.441 e. The van der Waals surface area contributed by atoms with Crippen LogP contribution in [0.15, 0.2) is 34.7 Å². The molecule has 6 heteroatoms. The van der Waals surface area contributed by atoms with E-state index in [9.17, 15) is 9.59 Å². The van der Waals surface area contributed by atoms with Crippen LogP contribution in [0, 0.1) is 0 Å². The van der Waals surface area contributed by atoms with Crippen LogP contribution < -0.4 is 0 Å². The van der Waals surface area contributed by atoms with Gasteiger partial charge in [0.15, 0.2) is 0 Å². The molecule has 0 bridgehead atoms. The van der Waals surface area contributed by atoms with E-state index >= 15 is 0 Å². The maximum absolute atomic E-state index is 12.8. The van der Waals surface area contributed by atoms with E-state index in [4.69, 9.17) is 4.42 Å². The van der Waals surface area contributed by atoms with Gasteiger partial charge in [0, 0.05) is 31.5 Å². The molecule has 4 rings (SSSR count). The van der Waals surface area contributed by atoms with Crippen LogP contribution in [-0.2, 0) is 22.6 Å². The van der Waals surface area contributed by atoms with E-state index in [1.54, 1.807) is 9.80 Å². The molecule has 1 fully saturated rings. The highest BCUT2D eigenvalue weighted by atomic mass is 16.4. The lowest BCUT2D eigenvalue weighted by Crippen LogP contribution is -2.48. The summed E-state index contributed by atoms with van der Waals surface area (Å²) >= 11 is 0. The van der Waals surface area contributed by atoms with Crippen LogP contribution >= 0.6 is 0 Å². The number of likely N-dealkylation sites (tertiary alicyclic amines) is 1. The van der Waals surface area contributed by atoms with Gasteiger partial charge >= 0.3 is 0 Å². The fraction of sp³-hybridized carbons (Fsp3) is 0.421. The summed E-state index contributed by atoms with van der Waals surface area (Å²) in [6.07, 6.45) is 2.04. The Morgan fingerprint density at radius 1 is 1.20 bits per heavy atom. The molecule has 130 valence electrons. The minimum Gasteiger partial charge on any atom is -0.441 e. The number of carbonyl (C=O) groups excluding carboxylic acids is 2. The molecule has 0 saturated carbocycles. The van der Waals surface area contributed by atoms with Crippen LogP contribution in [0.2, 0.25) is 0 Å². The third kappa shape index (κ3) is 2.92. The van der Waals surface area contributed by atoms with Crippen LogP contribution in [0.25, 0.3) is 11.5 Å². The lowest BCUT2D eigenvalue weighted by molar-refractivity contribution is -0.143. The molecule has 0 aliphatic carbocycles. The Kier molecular flexibility index (Phi) is 4.03. The van der Waals surface area contributed by atoms with E-state index in [0.717, 1.165) is 23.4 Å². The molecule has 6 nitrogen and oxygen atoms in total. The second-order valence-electron chi connectivity index (χ2n) is 6.63. The van der Waals surface area contributed by atoms with Crippen LogP contribution in [0.1, 0.15) is 31.2 Å². The van der Waals surface area contributed by atoms with Gasteiger partial charge in [-0.2, -0.15) is 0 Å². The number of hydrogen-bond acceptors (Lipinski definition) is 4. The Balaban J connectivity index is 1.50. The maximum Gasteiger partial charge on any atom is 0.245 e. The van der Waals surface area contributed by atoms with Gasteiger partial charge in [-0.25, -0.2) is 4.98 Å². The second-order valence-corrected chi connectivity index (χ2v) is 6.63. The molecule has 0 radical (unpaired) electrons. The second kappa shape index (κ2) is 6.35. The summed E-state index contributed by atoms with van der Waals surface area (Å²) in [4.78, 5) is 32.7. The predicted octanol–water partition coefficient (Wildman–Crippen LogP) is 2.24. The van der Waals surface area contributed by atoms with Crippen molar-refractivity contribution < 1.29 is 14.0 Å². The Labute approximate surface area is 146 Å². The molecule has 3 heterocycles.